The lowest BCUT2D eigenvalue weighted by atomic mass is 10.1. The average molecular weight is 322 g/mol. The second-order valence-corrected chi connectivity index (χ2v) is 6.15. The predicted octanol–water partition coefficient (Wildman–Crippen LogP) is -0.481. The first-order chi connectivity index (χ1) is 11.0. The highest BCUT2D eigenvalue weighted by molar-refractivity contribution is 5.84. The lowest BCUT2D eigenvalue weighted by Gasteiger charge is -2.42. The van der Waals surface area contributed by atoms with E-state index in [4.69, 9.17) is 4.52 Å². The third-order valence-electron chi connectivity index (χ3n) is 4.15. The van der Waals surface area contributed by atoms with E-state index in [-0.39, 0.29) is 30.4 Å². The van der Waals surface area contributed by atoms with Gasteiger partial charge in [-0.05, 0) is 0 Å². The maximum Gasteiger partial charge on any atom is 0.317 e. The maximum absolute atomic E-state index is 12.3. The Bertz CT molecular complexity index is 587. The van der Waals surface area contributed by atoms with Gasteiger partial charge in [-0.3, -0.25) is 9.69 Å². The topological polar surface area (TPSA) is 104 Å². The van der Waals surface area contributed by atoms with Gasteiger partial charge in [0.2, 0.25) is 11.8 Å². The molecule has 3 rings (SSSR count). The molecule has 2 aliphatic rings. The summed E-state index contributed by atoms with van der Waals surface area (Å²) in [6.07, 6.45) is 0. The van der Waals surface area contributed by atoms with Gasteiger partial charge in [-0.15, -0.1) is 0 Å². The summed E-state index contributed by atoms with van der Waals surface area (Å²) >= 11 is 0. The van der Waals surface area contributed by atoms with Gasteiger partial charge in [-0.25, -0.2) is 4.79 Å². The Morgan fingerprint density at radius 2 is 2.26 bits per heavy atom. The molecular weight excluding hydrogens is 300 g/mol. The normalized spacial score (nSPS) is 22.0. The summed E-state index contributed by atoms with van der Waals surface area (Å²) in [5.74, 6) is 1.16. The van der Waals surface area contributed by atoms with Crippen molar-refractivity contribution in [3.8, 4) is 0 Å². The van der Waals surface area contributed by atoms with Crippen molar-refractivity contribution in [3.05, 3.63) is 11.7 Å². The largest absolute Gasteiger partial charge is 0.353 e. The molecule has 0 spiro atoms. The summed E-state index contributed by atoms with van der Waals surface area (Å²) in [6, 6.07) is -0.458. The van der Waals surface area contributed by atoms with E-state index in [0.717, 1.165) is 6.54 Å². The van der Waals surface area contributed by atoms with Gasteiger partial charge in [0.25, 0.3) is 0 Å². The fourth-order valence-electron chi connectivity index (χ4n) is 2.80. The zero-order valence-electron chi connectivity index (χ0n) is 13.4. The standard InChI is InChI=1S/C14H22N6O3/c1-9(2)13-17-11(18-23-13)7-16-14(22)20-6-5-19-4-3-15-12(21)10(19)8-20/h9-10H,3-8H2,1-2H3,(H,15,21)(H,16,22)/t10-/m1/s1. The van der Waals surface area contributed by atoms with Crippen LogP contribution in [0.1, 0.15) is 31.5 Å². The van der Waals surface area contributed by atoms with Crippen LogP contribution in [0.3, 0.4) is 0 Å². The number of nitrogens with zero attached hydrogens (tertiary/aromatic N) is 4. The highest BCUT2D eigenvalue weighted by atomic mass is 16.5. The molecule has 3 amide bonds. The van der Waals surface area contributed by atoms with E-state index in [1.54, 1.807) is 4.90 Å². The van der Waals surface area contributed by atoms with E-state index >= 15 is 0 Å². The summed E-state index contributed by atoms with van der Waals surface area (Å²) in [5, 5.41) is 9.46. The molecule has 0 saturated carbocycles. The number of rotatable bonds is 3. The fourth-order valence-corrected chi connectivity index (χ4v) is 2.80. The van der Waals surface area contributed by atoms with E-state index < -0.39 is 0 Å². The minimum atomic E-state index is -0.249. The molecule has 23 heavy (non-hydrogen) atoms. The maximum atomic E-state index is 12.3. The van der Waals surface area contributed by atoms with Gasteiger partial charge in [0.1, 0.15) is 6.04 Å². The lowest BCUT2D eigenvalue weighted by Crippen LogP contribution is -2.65. The molecule has 2 fully saturated rings. The molecule has 0 aliphatic carbocycles. The minimum absolute atomic E-state index is 0.00602. The molecule has 1 atom stereocenters. The zero-order chi connectivity index (χ0) is 16.4. The Kier molecular flexibility index (Phi) is 4.46. The van der Waals surface area contributed by atoms with Crippen LogP contribution in [0.15, 0.2) is 4.52 Å². The fraction of sp³-hybridized carbons (Fsp3) is 0.714. The Labute approximate surface area is 134 Å². The number of carbonyl (C=O) groups is 2. The molecule has 1 aromatic rings. The molecule has 2 N–H and O–H groups in total. The molecule has 0 radical (unpaired) electrons. The van der Waals surface area contributed by atoms with Gasteiger partial charge in [0.15, 0.2) is 5.82 Å². The van der Waals surface area contributed by atoms with Crippen molar-refractivity contribution in [3.63, 3.8) is 0 Å². The molecule has 1 aromatic heterocycles. The molecule has 9 heteroatoms. The third kappa shape index (κ3) is 3.44. The lowest BCUT2D eigenvalue weighted by molar-refractivity contribution is -0.131. The molecule has 0 bridgehead atoms. The molecule has 2 aliphatic heterocycles. The number of amides is 3. The van der Waals surface area contributed by atoms with Crippen molar-refractivity contribution in [2.75, 3.05) is 32.7 Å². The van der Waals surface area contributed by atoms with Crippen LogP contribution in [0, 0.1) is 0 Å². The van der Waals surface area contributed by atoms with Crippen molar-refractivity contribution in [2.45, 2.75) is 32.4 Å². The van der Waals surface area contributed by atoms with E-state index in [2.05, 4.69) is 25.7 Å². The predicted molar refractivity (Wildman–Crippen MR) is 80.6 cm³/mol. The molecular formula is C14H22N6O3. The summed E-state index contributed by atoms with van der Waals surface area (Å²) in [6.45, 7) is 7.39. The average Bonchev–Trinajstić information content (AvgIpc) is 3.02. The number of urea groups is 1. The van der Waals surface area contributed by atoms with Crippen LogP contribution in [-0.4, -0.2) is 70.6 Å². The molecule has 126 valence electrons. The van der Waals surface area contributed by atoms with E-state index in [1.807, 2.05) is 13.8 Å². The van der Waals surface area contributed by atoms with Crippen LogP contribution in [0.25, 0.3) is 0 Å². The second kappa shape index (κ2) is 6.53. The first kappa shape index (κ1) is 15.7. The highest BCUT2D eigenvalue weighted by Crippen LogP contribution is 2.13. The van der Waals surface area contributed by atoms with Gasteiger partial charge >= 0.3 is 6.03 Å². The minimum Gasteiger partial charge on any atom is -0.353 e. The van der Waals surface area contributed by atoms with Crippen molar-refractivity contribution in [1.29, 1.82) is 0 Å². The number of fused-ring (bicyclic) bond motifs is 1. The molecule has 0 unspecified atom stereocenters. The number of nitrogens with one attached hydrogen (secondary N) is 2. The highest BCUT2D eigenvalue weighted by Gasteiger charge is 2.36. The Balaban J connectivity index is 1.53. The summed E-state index contributed by atoms with van der Waals surface area (Å²) < 4.78 is 5.10. The quantitative estimate of drug-likeness (QED) is 0.779. The van der Waals surface area contributed by atoms with Crippen LogP contribution in [0.5, 0.6) is 0 Å². The molecule has 3 heterocycles. The van der Waals surface area contributed by atoms with Gasteiger partial charge in [-0.1, -0.05) is 19.0 Å². The van der Waals surface area contributed by atoms with Crippen molar-refractivity contribution in [2.24, 2.45) is 0 Å². The molecule has 0 aromatic carbocycles. The number of carbonyl (C=O) groups excluding carboxylic acids is 2. The van der Waals surface area contributed by atoms with Crippen LogP contribution >= 0.6 is 0 Å². The second-order valence-electron chi connectivity index (χ2n) is 6.15. The van der Waals surface area contributed by atoms with Crippen LogP contribution in [-0.2, 0) is 11.3 Å². The number of hydrogen-bond acceptors (Lipinski definition) is 6. The Morgan fingerprint density at radius 3 is 3.00 bits per heavy atom. The summed E-state index contributed by atoms with van der Waals surface area (Å²) in [5.41, 5.74) is 0. The van der Waals surface area contributed by atoms with Crippen LogP contribution < -0.4 is 10.6 Å². The molecule has 2 saturated heterocycles. The zero-order valence-corrected chi connectivity index (χ0v) is 13.4. The third-order valence-corrected chi connectivity index (χ3v) is 4.15. The summed E-state index contributed by atoms with van der Waals surface area (Å²) in [4.78, 5) is 32.2. The first-order valence-electron chi connectivity index (χ1n) is 7.91. The Morgan fingerprint density at radius 1 is 1.43 bits per heavy atom. The smallest absolute Gasteiger partial charge is 0.317 e. The number of piperazine rings is 2. The number of hydrogen-bond donors (Lipinski definition) is 2. The van der Waals surface area contributed by atoms with Gasteiger partial charge in [-0.2, -0.15) is 4.98 Å². The van der Waals surface area contributed by atoms with Gasteiger partial charge < -0.3 is 20.1 Å². The van der Waals surface area contributed by atoms with Crippen molar-refractivity contribution < 1.29 is 14.1 Å². The van der Waals surface area contributed by atoms with Crippen LogP contribution in [0.2, 0.25) is 0 Å². The van der Waals surface area contributed by atoms with Crippen molar-refractivity contribution in [1.82, 2.24) is 30.6 Å². The SMILES string of the molecule is CC(C)c1nc(CNC(=O)N2CCN3CCNC(=O)[C@H]3C2)no1. The number of aromatic nitrogens is 2. The van der Waals surface area contributed by atoms with Crippen LogP contribution in [0.4, 0.5) is 4.79 Å². The van der Waals surface area contributed by atoms with Gasteiger partial charge in [0.05, 0.1) is 6.54 Å². The summed E-state index contributed by atoms with van der Waals surface area (Å²) in [7, 11) is 0. The van der Waals surface area contributed by atoms with Crippen molar-refractivity contribution >= 4 is 11.9 Å². The van der Waals surface area contributed by atoms with E-state index in [9.17, 15) is 9.59 Å². The van der Waals surface area contributed by atoms with E-state index in [0.29, 0.717) is 37.9 Å². The monoisotopic (exact) mass is 322 g/mol. The first-order valence-corrected chi connectivity index (χ1v) is 7.91. The van der Waals surface area contributed by atoms with Gasteiger partial charge in [0, 0.05) is 38.6 Å². The Hall–Kier alpha value is -2.16. The van der Waals surface area contributed by atoms with E-state index in [1.165, 1.54) is 0 Å². The molecule has 9 nitrogen and oxygen atoms in total.